The third-order valence-corrected chi connectivity index (χ3v) is 4.69. The molecule has 0 spiro atoms. The Morgan fingerprint density at radius 2 is 2.03 bits per heavy atom. The highest BCUT2D eigenvalue weighted by atomic mass is 16.6. The van der Waals surface area contributed by atoms with Gasteiger partial charge in [0.1, 0.15) is 18.5 Å². The average Bonchev–Trinajstić information content (AvgIpc) is 2.74. The Morgan fingerprint density at radius 3 is 2.77 bits per heavy atom. The number of benzene rings is 1. The number of carbonyl (C=O) groups is 2. The third kappa shape index (κ3) is 5.84. The van der Waals surface area contributed by atoms with Crippen LogP contribution in [0.25, 0.3) is 0 Å². The van der Waals surface area contributed by atoms with E-state index >= 15 is 0 Å². The first-order valence-electron chi connectivity index (χ1n) is 10.2. The summed E-state index contributed by atoms with van der Waals surface area (Å²) in [4.78, 5) is 29.1. The summed E-state index contributed by atoms with van der Waals surface area (Å²) in [6.45, 7) is 4.49. The van der Waals surface area contributed by atoms with E-state index in [0.29, 0.717) is 18.9 Å². The van der Waals surface area contributed by atoms with Crippen LogP contribution in [0.15, 0.2) is 53.2 Å². The highest BCUT2D eigenvalue weighted by Crippen LogP contribution is 2.31. The molecule has 3 rings (SSSR count). The Bertz CT molecular complexity index is 896. The molecule has 1 aliphatic heterocycles. The molecule has 1 N–H and O–H groups in total. The zero-order chi connectivity index (χ0) is 21.3. The Hall–Kier alpha value is -3.31. The van der Waals surface area contributed by atoms with E-state index in [1.54, 1.807) is 37.3 Å². The molecule has 1 unspecified atom stereocenters. The number of amides is 1. The molecule has 1 heterocycles. The van der Waals surface area contributed by atoms with Crippen molar-refractivity contribution in [3.05, 3.63) is 53.6 Å². The van der Waals surface area contributed by atoms with Gasteiger partial charge in [0.15, 0.2) is 0 Å². The number of hydrogen-bond acceptors (Lipinski definition) is 6. The van der Waals surface area contributed by atoms with Gasteiger partial charge >= 0.3 is 5.97 Å². The number of esters is 1. The van der Waals surface area contributed by atoms with Gasteiger partial charge in [0.2, 0.25) is 5.91 Å². The van der Waals surface area contributed by atoms with E-state index in [1.807, 2.05) is 19.1 Å². The number of fused-ring (bicyclic) bond motifs is 1. The van der Waals surface area contributed by atoms with Crippen LogP contribution < -0.4 is 10.1 Å². The maximum Gasteiger partial charge on any atom is 0.309 e. The van der Waals surface area contributed by atoms with Crippen LogP contribution in [0, 0.1) is 5.92 Å². The van der Waals surface area contributed by atoms with Gasteiger partial charge in [-0.2, -0.15) is 0 Å². The van der Waals surface area contributed by atoms with Crippen molar-refractivity contribution in [1.82, 2.24) is 0 Å². The molecule has 7 nitrogen and oxygen atoms in total. The van der Waals surface area contributed by atoms with Crippen LogP contribution in [-0.4, -0.2) is 37.1 Å². The molecule has 1 aliphatic carbocycles. The van der Waals surface area contributed by atoms with Gasteiger partial charge in [-0.25, -0.2) is 0 Å². The van der Waals surface area contributed by atoms with Crippen molar-refractivity contribution in [1.29, 1.82) is 0 Å². The number of anilines is 1. The van der Waals surface area contributed by atoms with Gasteiger partial charge in [-0.05, 0) is 67.8 Å². The van der Waals surface area contributed by atoms with Gasteiger partial charge in [0.25, 0.3) is 0 Å². The van der Waals surface area contributed by atoms with E-state index < -0.39 is 0 Å². The van der Waals surface area contributed by atoms with Crippen LogP contribution in [0.4, 0.5) is 5.69 Å². The summed E-state index contributed by atoms with van der Waals surface area (Å²) < 4.78 is 10.9. The summed E-state index contributed by atoms with van der Waals surface area (Å²) in [7, 11) is 0. The molecule has 2 aliphatic rings. The minimum atomic E-state index is -0.371. The predicted octanol–water partition coefficient (Wildman–Crippen LogP) is 3.56. The molecule has 1 aromatic carbocycles. The first-order valence-corrected chi connectivity index (χ1v) is 10.2. The van der Waals surface area contributed by atoms with E-state index in [0.717, 1.165) is 29.7 Å². The van der Waals surface area contributed by atoms with Crippen molar-refractivity contribution in [3.8, 4) is 5.75 Å². The number of aryl methyl sites for hydroxylation is 1. The average molecular weight is 410 g/mol. The van der Waals surface area contributed by atoms with Crippen LogP contribution >= 0.6 is 0 Å². The highest BCUT2D eigenvalue weighted by Gasteiger charge is 2.23. The molecule has 0 fully saturated rings. The molecular weight excluding hydrogens is 384 g/mol. The van der Waals surface area contributed by atoms with Gasteiger partial charge in [0.05, 0.1) is 18.9 Å². The normalized spacial score (nSPS) is 19.2. The molecule has 0 radical (unpaired) electrons. The number of nitrogens with zero attached hydrogens (tertiary/aromatic N) is 1. The van der Waals surface area contributed by atoms with Crippen LogP contribution in [0.2, 0.25) is 0 Å². The third-order valence-electron chi connectivity index (χ3n) is 4.69. The molecule has 1 aromatic rings. The van der Waals surface area contributed by atoms with Crippen molar-refractivity contribution in [2.45, 2.75) is 39.2 Å². The van der Waals surface area contributed by atoms with Gasteiger partial charge < -0.3 is 19.6 Å². The molecular formula is C23H26N2O5. The highest BCUT2D eigenvalue weighted by molar-refractivity contribution is 5.95. The zero-order valence-corrected chi connectivity index (χ0v) is 17.2. The van der Waals surface area contributed by atoms with E-state index in [-0.39, 0.29) is 30.3 Å². The lowest BCUT2D eigenvalue weighted by Crippen LogP contribution is -2.26. The van der Waals surface area contributed by atoms with Crippen molar-refractivity contribution < 1.29 is 23.9 Å². The largest absolute Gasteiger partial charge is 0.490 e. The summed E-state index contributed by atoms with van der Waals surface area (Å²) in [6.07, 6.45) is 8.74. The second-order valence-electron chi connectivity index (χ2n) is 6.92. The van der Waals surface area contributed by atoms with Crippen molar-refractivity contribution in [2.75, 3.05) is 18.5 Å². The fourth-order valence-electron chi connectivity index (χ4n) is 3.23. The van der Waals surface area contributed by atoms with Crippen molar-refractivity contribution in [2.24, 2.45) is 11.1 Å². The smallest absolute Gasteiger partial charge is 0.309 e. The fourth-order valence-corrected chi connectivity index (χ4v) is 3.23. The number of carbonyl (C=O) groups excluding carboxylic acids is 2. The van der Waals surface area contributed by atoms with Crippen molar-refractivity contribution in [3.63, 3.8) is 0 Å². The fraction of sp³-hybridized carbons (Fsp3) is 0.391. The molecule has 158 valence electrons. The van der Waals surface area contributed by atoms with E-state index in [9.17, 15) is 9.59 Å². The lowest BCUT2D eigenvalue weighted by molar-refractivity contribution is -0.145. The monoisotopic (exact) mass is 410 g/mol. The minimum absolute atomic E-state index is 0.125. The van der Waals surface area contributed by atoms with E-state index in [1.165, 1.54) is 0 Å². The molecule has 0 bridgehead atoms. The Morgan fingerprint density at radius 1 is 1.23 bits per heavy atom. The standard InChI is InChI=1S/C23H26N2O5/c1-3-28-22(26)14-20-11-9-18-13-19(10-12-21(18)30-20)25-23(27)17-7-5-16(6-8-17)15-24-29-4-2/h5-8,10,12-13,17,20H,3-4,9,11,14H2,1-2H3,(H,25,27). The number of allylic oxidation sites excluding steroid dienone is 3. The summed E-state index contributed by atoms with van der Waals surface area (Å²) in [5.74, 6) is 2.76. The molecule has 0 saturated carbocycles. The van der Waals surface area contributed by atoms with Crippen LogP contribution in [0.5, 0.6) is 5.75 Å². The second kappa shape index (κ2) is 10.5. The molecule has 1 amide bonds. The maximum atomic E-state index is 12.6. The van der Waals surface area contributed by atoms with Gasteiger partial charge in [-0.3, -0.25) is 9.59 Å². The number of rotatable bonds is 7. The lowest BCUT2D eigenvalue weighted by atomic mass is 9.98. The molecule has 0 aromatic heterocycles. The summed E-state index contributed by atoms with van der Waals surface area (Å²) in [5.41, 5.74) is 2.48. The molecule has 1 atom stereocenters. The van der Waals surface area contributed by atoms with Gasteiger partial charge in [-0.1, -0.05) is 12.2 Å². The second-order valence-corrected chi connectivity index (χ2v) is 6.92. The molecule has 7 heteroatoms. The lowest BCUT2D eigenvalue weighted by Gasteiger charge is -2.26. The Labute approximate surface area is 176 Å². The minimum Gasteiger partial charge on any atom is -0.490 e. The number of nitrogens with one attached hydrogen (secondary N) is 1. The van der Waals surface area contributed by atoms with Gasteiger partial charge in [0, 0.05) is 17.1 Å². The van der Waals surface area contributed by atoms with Crippen LogP contribution in [0.1, 0.15) is 32.3 Å². The number of hydrogen-bond donors (Lipinski definition) is 1. The van der Waals surface area contributed by atoms with Crippen LogP contribution in [0.3, 0.4) is 0 Å². The first-order chi connectivity index (χ1) is 14.6. The van der Waals surface area contributed by atoms with E-state index in [2.05, 4.69) is 16.3 Å². The summed E-state index contributed by atoms with van der Waals surface area (Å²) >= 11 is 0. The SMILES string of the molecule is CCON=C=C1C=CC(C(=O)Nc2ccc3c(c2)CCC(CC(=O)OCC)O3)C=C1. The first kappa shape index (κ1) is 21.4. The quantitative estimate of drug-likeness (QED) is 0.422. The number of ether oxygens (including phenoxy) is 2. The molecule has 0 saturated heterocycles. The Balaban J connectivity index is 1.57. The summed E-state index contributed by atoms with van der Waals surface area (Å²) in [6, 6.07) is 5.56. The predicted molar refractivity (Wildman–Crippen MR) is 113 cm³/mol. The van der Waals surface area contributed by atoms with Crippen molar-refractivity contribution >= 4 is 23.4 Å². The molecule has 30 heavy (non-hydrogen) atoms. The zero-order valence-electron chi connectivity index (χ0n) is 17.2. The maximum absolute atomic E-state index is 12.6. The topological polar surface area (TPSA) is 86.2 Å². The van der Waals surface area contributed by atoms with Gasteiger partial charge in [-0.15, -0.1) is 0 Å². The summed E-state index contributed by atoms with van der Waals surface area (Å²) in [5, 5.41) is 6.63. The van der Waals surface area contributed by atoms with E-state index in [4.69, 9.17) is 14.3 Å². The Kier molecular flexibility index (Phi) is 7.46. The van der Waals surface area contributed by atoms with Crippen LogP contribution in [-0.2, 0) is 25.6 Å².